The summed E-state index contributed by atoms with van der Waals surface area (Å²) in [5.41, 5.74) is 8.00. The van der Waals surface area contributed by atoms with Gasteiger partial charge in [0, 0.05) is 10.5 Å². The van der Waals surface area contributed by atoms with E-state index in [2.05, 4.69) is 31.5 Å². The van der Waals surface area contributed by atoms with E-state index in [-0.39, 0.29) is 0 Å². The molecule has 1 aromatic heterocycles. The van der Waals surface area contributed by atoms with Crippen molar-refractivity contribution in [1.82, 2.24) is 9.55 Å². The van der Waals surface area contributed by atoms with Gasteiger partial charge in [0.05, 0.1) is 11.0 Å². The minimum Gasteiger partial charge on any atom is -0.369 e. The number of aromatic nitrogens is 2. The Balaban J connectivity index is 2.34. The second-order valence-corrected chi connectivity index (χ2v) is 4.62. The van der Waals surface area contributed by atoms with E-state index < -0.39 is 0 Å². The van der Waals surface area contributed by atoms with Gasteiger partial charge in [0.2, 0.25) is 5.95 Å². The molecular weight excluding hydrogens is 242 g/mol. The van der Waals surface area contributed by atoms with Crippen molar-refractivity contribution in [3.05, 3.63) is 22.7 Å². The van der Waals surface area contributed by atoms with Crippen LogP contribution in [0.5, 0.6) is 0 Å². The van der Waals surface area contributed by atoms with Crippen LogP contribution < -0.4 is 5.73 Å². The number of nitrogens with zero attached hydrogens (tertiary/aromatic N) is 2. The van der Waals surface area contributed by atoms with Gasteiger partial charge >= 0.3 is 0 Å². The molecule has 1 aliphatic rings. The van der Waals surface area contributed by atoms with Gasteiger partial charge < -0.3 is 10.3 Å². The van der Waals surface area contributed by atoms with Crippen LogP contribution in [0, 0.1) is 0 Å². The van der Waals surface area contributed by atoms with E-state index >= 15 is 0 Å². The first kappa shape index (κ1) is 8.29. The lowest BCUT2D eigenvalue weighted by Crippen LogP contribution is -2.00. The maximum Gasteiger partial charge on any atom is 0.201 e. The predicted molar refractivity (Wildman–Crippen MR) is 60.1 cm³/mol. The van der Waals surface area contributed by atoms with E-state index in [4.69, 9.17) is 5.73 Å². The van der Waals surface area contributed by atoms with Crippen molar-refractivity contribution in [3.8, 4) is 0 Å². The molecule has 3 nitrogen and oxygen atoms in total. The summed E-state index contributed by atoms with van der Waals surface area (Å²) in [6, 6.07) is 6.65. The van der Waals surface area contributed by atoms with Crippen molar-refractivity contribution in [2.24, 2.45) is 0 Å². The average Bonchev–Trinajstić information content (AvgIpc) is 2.90. The topological polar surface area (TPSA) is 43.8 Å². The Labute approximate surface area is 90.0 Å². The van der Waals surface area contributed by atoms with Crippen LogP contribution in [0.1, 0.15) is 18.9 Å². The van der Waals surface area contributed by atoms with Gasteiger partial charge in [-0.05, 0) is 31.0 Å². The van der Waals surface area contributed by atoms with E-state index in [0.29, 0.717) is 12.0 Å². The molecule has 1 aliphatic carbocycles. The van der Waals surface area contributed by atoms with Crippen LogP contribution in [-0.2, 0) is 0 Å². The van der Waals surface area contributed by atoms with Crippen LogP contribution in [0.15, 0.2) is 22.7 Å². The van der Waals surface area contributed by atoms with Gasteiger partial charge in [0.1, 0.15) is 0 Å². The standard InChI is InChI=1S/C10H10BrN3/c11-6-1-4-8-9(5-6)14(7-2-3-7)10(12)13-8/h1,4-5,7H,2-3H2,(H2,12,13). The average molecular weight is 252 g/mol. The van der Waals surface area contributed by atoms with Crippen LogP contribution in [0.4, 0.5) is 5.95 Å². The molecule has 0 spiro atoms. The maximum absolute atomic E-state index is 5.88. The minimum atomic E-state index is 0.578. The molecule has 0 saturated heterocycles. The fourth-order valence-electron chi connectivity index (χ4n) is 1.80. The highest BCUT2D eigenvalue weighted by Gasteiger charge is 2.27. The second kappa shape index (κ2) is 2.73. The van der Waals surface area contributed by atoms with Crippen LogP contribution in [0.3, 0.4) is 0 Å². The molecule has 1 saturated carbocycles. The SMILES string of the molecule is Nc1nc2ccc(Br)cc2n1C1CC1. The van der Waals surface area contributed by atoms with Crippen molar-refractivity contribution < 1.29 is 0 Å². The van der Waals surface area contributed by atoms with E-state index in [1.165, 1.54) is 12.8 Å². The summed E-state index contributed by atoms with van der Waals surface area (Å²) in [5.74, 6) is 0.639. The molecule has 0 unspecified atom stereocenters. The van der Waals surface area contributed by atoms with Gasteiger partial charge in [0.25, 0.3) is 0 Å². The fourth-order valence-corrected chi connectivity index (χ4v) is 2.15. The van der Waals surface area contributed by atoms with E-state index in [9.17, 15) is 0 Å². The van der Waals surface area contributed by atoms with Gasteiger partial charge in [-0.1, -0.05) is 15.9 Å². The predicted octanol–water partition coefficient (Wildman–Crippen LogP) is 2.72. The number of anilines is 1. The lowest BCUT2D eigenvalue weighted by molar-refractivity contribution is 0.779. The number of benzene rings is 1. The number of imidazole rings is 1. The highest BCUT2D eigenvalue weighted by atomic mass is 79.9. The first-order chi connectivity index (χ1) is 6.75. The number of nitrogen functional groups attached to an aromatic ring is 1. The van der Waals surface area contributed by atoms with E-state index in [1.54, 1.807) is 0 Å². The van der Waals surface area contributed by atoms with Crippen LogP contribution >= 0.6 is 15.9 Å². The van der Waals surface area contributed by atoms with Gasteiger partial charge in [-0.3, -0.25) is 0 Å². The molecule has 0 radical (unpaired) electrons. The number of hydrogen-bond acceptors (Lipinski definition) is 2. The molecule has 4 heteroatoms. The molecule has 2 N–H and O–H groups in total. The number of hydrogen-bond donors (Lipinski definition) is 1. The smallest absolute Gasteiger partial charge is 0.201 e. The van der Waals surface area contributed by atoms with Crippen molar-refractivity contribution in [2.75, 3.05) is 5.73 Å². The van der Waals surface area contributed by atoms with Crippen LogP contribution in [-0.4, -0.2) is 9.55 Å². The fraction of sp³-hybridized carbons (Fsp3) is 0.300. The molecule has 2 aromatic rings. The number of nitrogens with two attached hydrogens (primary N) is 1. The minimum absolute atomic E-state index is 0.578. The Morgan fingerprint density at radius 2 is 2.21 bits per heavy atom. The summed E-state index contributed by atoms with van der Waals surface area (Å²) >= 11 is 3.46. The van der Waals surface area contributed by atoms with Crippen molar-refractivity contribution >= 4 is 32.9 Å². The lowest BCUT2D eigenvalue weighted by atomic mass is 10.3. The Hall–Kier alpha value is -1.03. The molecule has 0 atom stereocenters. The Bertz CT molecular complexity index is 499. The maximum atomic E-state index is 5.88. The number of fused-ring (bicyclic) bond motifs is 1. The Morgan fingerprint density at radius 3 is 2.93 bits per heavy atom. The lowest BCUT2D eigenvalue weighted by Gasteiger charge is -2.02. The molecule has 3 rings (SSSR count). The third-order valence-electron chi connectivity index (χ3n) is 2.59. The highest BCUT2D eigenvalue weighted by molar-refractivity contribution is 9.10. The van der Waals surface area contributed by atoms with E-state index in [1.807, 2.05) is 12.1 Å². The zero-order chi connectivity index (χ0) is 9.71. The molecule has 1 fully saturated rings. The normalized spacial score (nSPS) is 16.4. The molecule has 72 valence electrons. The van der Waals surface area contributed by atoms with Gasteiger partial charge in [-0.15, -0.1) is 0 Å². The summed E-state index contributed by atoms with van der Waals surface area (Å²) in [7, 11) is 0. The van der Waals surface area contributed by atoms with Gasteiger partial charge in [-0.25, -0.2) is 4.98 Å². The monoisotopic (exact) mass is 251 g/mol. The third kappa shape index (κ3) is 1.14. The Morgan fingerprint density at radius 1 is 1.43 bits per heavy atom. The molecule has 0 aliphatic heterocycles. The molecule has 1 heterocycles. The number of rotatable bonds is 1. The third-order valence-corrected chi connectivity index (χ3v) is 3.08. The summed E-state index contributed by atoms with van der Waals surface area (Å²) < 4.78 is 3.21. The zero-order valence-corrected chi connectivity index (χ0v) is 9.16. The summed E-state index contributed by atoms with van der Waals surface area (Å²) in [6.45, 7) is 0. The summed E-state index contributed by atoms with van der Waals surface area (Å²) in [6.07, 6.45) is 2.45. The Kier molecular flexibility index (Phi) is 1.62. The highest BCUT2D eigenvalue weighted by Crippen LogP contribution is 2.39. The van der Waals surface area contributed by atoms with Crippen molar-refractivity contribution in [2.45, 2.75) is 18.9 Å². The second-order valence-electron chi connectivity index (χ2n) is 3.70. The van der Waals surface area contributed by atoms with Crippen molar-refractivity contribution in [3.63, 3.8) is 0 Å². The first-order valence-electron chi connectivity index (χ1n) is 4.68. The van der Waals surface area contributed by atoms with Gasteiger partial charge in [0.15, 0.2) is 0 Å². The van der Waals surface area contributed by atoms with E-state index in [0.717, 1.165) is 15.5 Å². The van der Waals surface area contributed by atoms with Gasteiger partial charge in [-0.2, -0.15) is 0 Å². The quantitative estimate of drug-likeness (QED) is 0.847. The molecular formula is C10H10BrN3. The van der Waals surface area contributed by atoms with Crippen LogP contribution in [0.25, 0.3) is 11.0 Å². The van der Waals surface area contributed by atoms with Crippen LogP contribution in [0.2, 0.25) is 0 Å². The molecule has 14 heavy (non-hydrogen) atoms. The molecule has 0 bridgehead atoms. The summed E-state index contributed by atoms with van der Waals surface area (Å²) in [4.78, 5) is 4.34. The molecule has 1 aromatic carbocycles. The zero-order valence-electron chi connectivity index (χ0n) is 7.57. The largest absolute Gasteiger partial charge is 0.369 e. The summed E-state index contributed by atoms with van der Waals surface area (Å²) in [5, 5.41) is 0. The van der Waals surface area contributed by atoms with Crippen molar-refractivity contribution in [1.29, 1.82) is 0 Å². The molecule has 0 amide bonds. The number of halogens is 1. The first-order valence-corrected chi connectivity index (χ1v) is 5.48.